The fraction of sp³-hybridized carbons (Fsp3) is 0.447. The van der Waals surface area contributed by atoms with Crippen LogP contribution in [-0.4, -0.2) is 50.4 Å². The minimum Gasteiger partial charge on any atom is -0.491 e. The van der Waals surface area contributed by atoms with E-state index in [0.717, 1.165) is 88.8 Å². The van der Waals surface area contributed by atoms with Crippen LogP contribution in [0.5, 0.6) is 5.75 Å². The van der Waals surface area contributed by atoms with E-state index < -0.39 is 5.97 Å². The number of ether oxygens (including phenoxy) is 2. The minimum absolute atomic E-state index is 0.0763. The lowest BCUT2D eigenvalue weighted by Crippen LogP contribution is -2.14. The van der Waals surface area contributed by atoms with E-state index in [1.807, 2.05) is 36.3 Å². The van der Waals surface area contributed by atoms with Crippen LogP contribution in [0.4, 0.5) is 10.1 Å². The topological polar surface area (TPSA) is 88.1 Å². The highest BCUT2D eigenvalue weighted by molar-refractivity contribution is 7.98. The number of halogens is 1. The molecule has 12 heteroatoms. The molecule has 8 bridgehead atoms. The molecular formula is C38H41FN6O3S2. The number of esters is 1. The van der Waals surface area contributed by atoms with Gasteiger partial charge in [0.1, 0.15) is 17.3 Å². The first-order valence-corrected chi connectivity index (χ1v) is 19.6. The van der Waals surface area contributed by atoms with E-state index in [0.29, 0.717) is 47.9 Å². The molecule has 0 unspecified atom stereocenters. The van der Waals surface area contributed by atoms with Gasteiger partial charge in [0.05, 0.1) is 47.5 Å². The SMILES string of the molecule is COC(=O)c1c2c3ccc(F)c(c3n1C)-c1c(C)nn(C34CC3C4)c1CSCc1cc(n(C)n1)CSc1cc3c(c(c1)OCCC2)NCCC3. The molecule has 3 aromatic heterocycles. The Bertz CT molecular complexity index is 2200. The van der Waals surface area contributed by atoms with Crippen molar-refractivity contribution in [3.8, 4) is 16.9 Å². The van der Waals surface area contributed by atoms with Gasteiger partial charge in [0.25, 0.3) is 0 Å². The zero-order valence-electron chi connectivity index (χ0n) is 28.9. The van der Waals surface area contributed by atoms with Gasteiger partial charge in [0.2, 0.25) is 0 Å². The summed E-state index contributed by atoms with van der Waals surface area (Å²) in [5.74, 6) is 2.98. The number of carbonyl (C=O) groups is 1. The van der Waals surface area contributed by atoms with Crippen molar-refractivity contribution in [3.63, 3.8) is 0 Å². The molecule has 2 saturated carbocycles. The third kappa shape index (κ3) is 5.15. The van der Waals surface area contributed by atoms with Crippen LogP contribution in [0.3, 0.4) is 0 Å². The van der Waals surface area contributed by atoms with Crippen molar-refractivity contribution in [1.29, 1.82) is 0 Å². The lowest BCUT2D eigenvalue weighted by atomic mass is 9.97. The Morgan fingerprint density at radius 1 is 1.08 bits per heavy atom. The number of thioether (sulfide) groups is 2. The van der Waals surface area contributed by atoms with E-state index in [4.69, 9.17) is 19.7 Å². The number of nitrogens with one attached hydrogen (secondary N) is 1. The van der Waals surface area contributed by atoms with Crippen LogP contribution >= 0.6 is 23.5 Å². The van der Waals surface area contributed by atoms with Gasteiger partial charge in [-0.1, -0.05) is 0 Å². The van der Waals surface area contributed by atoms with E-state index in [1.54, 1.807) is 29.6 Å². The number of aromatic nitrogens is 5. The van der Waals surface area contributed by atoms with E-state index in [1.165, 1.54) is 23.3 Å². The second-order valence-electron chi connectivity index (χ2n) is 14.2. The molecule has 0 spiro atoms. The third-order valence-corrected chi connectivity index (χ3v) is 13.1. The van der Waals surface area contributed by atoms with Crippen molar-refractivity contribution in [3.05, 3.63) is 75.7 Å². The molecule has 2 fully saturated rings. The lowest BCUT2D eigenvalue weighted by molar-refractivity contribution is 0.0589. The molecule has 260 valence electrons. The van der Waals surface area contributed by atoms with Crippen LogP contribution in [0.2, 0.25) is 0 Å². The number of aryl methyl sites for hydroxylation is 5. The maximum atomic E-state index is 16.4. The van der Waals surface area contributed by atoms with Gasteiger partial charge in [0.15, 0.2) is 0 Å². The average molecular weight is 713 g/mol. The maximum Gasteiger partial charge on any atom is 0.354 e. The van der Waals surface area contributed by atoms with Crippen LogP contribution in [0, 0.1) is 18.7 Å². The highest BCUT2D eigenvalue weighted by Gasteiger charge is 2.72. The van der Waals surface area contributed by atoms with Gasteiger partial charge in [-0.2, -0.15) is 10.2 Å². The number of hydrogen-bond donors (Lipinski definition) is 1. The second kappa shape index (κ2) is 12.1. The van der Waals surface area contributed by atoms with E-state index in [2.05, 4.69) is 28.2 Å². The molecule has 9 nitrogen and oxygen atoms in total. The molecule has 0 amide bonds. The number of hydrogen-bond acceptors (Lipinski definition) is 8. The smallest absolute Gasteiger partial charge is 0.354 e. The van der Waals surface area contributed by atoms with Crippen LogP contribution in [-0.2, 0) is 54.5 Å². The van der Waals surface area contributed by atoms with Crippen molar-refractivity contribution in [1.82, 2.24) is 24.1 Å². The fourth-order valence-corrected chi connectivity index (χ4v) is 10.1. The maximum absolute atomic E-state index is 16.4. The van der Waals surface area contributed by atoms with Crippen LogP contribution in [0.1, 0.15) is 70.1 Å². The standard InChI is InChI=1S/C38H41FN6O3S2/c1-21-32-30(45(41-21)38-16-23(38)17-38)20-49-18-24-14-25(44(3)42-24)19-50-26-13-22-7-5-11-40-34(22)31(15-26)48-12-6-8-27-28-9-10-29(39)33(32)35(28)43(2)36(27)37(46)47-4/h9-10,13-15,23,40H,5-8,11-12,16-20H2,1-4H3. The van der Waals surface area contributed by atoms with Crippen molar-refractivity contribution in [2.24, 2.45) is 20.0 Å². The highest BCUT2D eigenvalue weighted by atomic mass is 32.2. The molecule has 2 aliphatic heterocycles. The number of benzene rings is 2. The fourth-order valence-electron chi connectivity index (χ4n) is 8.22. The Morgan fingerprint density at radius 3 is 2.72 bits per heavy atom. The van der Waals surface area contributed by atoms with E-state index in [-0.39, 0.29) is 11.4 Å². The summed E-state index contributed by atoms with van der Waals surface area (Å²) in [6.45, 7) is 3.38. The number of anilines is 1. The van der Waals surface area contributed by atoms with Gasteiger partial charge in [-0.3, -0.25) is 9.36 Å². The first kappa shape index (κ1) is 32.0. The number of fused-ring (bicyclic) bond motifs is 9. The molecule has 2 aromatic carbocycles. The monoisotopic (exact) mass is 712 g/mol. The second-order valence-corrected chi connectivity index (χ2v) is 16.2. The molecule has 50 heavy (non-hydrogen) atoms. The Kier molecular flexibility index (Phi) is 7.76. The van der Waals surface area contributed by atoms with Crippen molar-refractivity contribution < 1.29 is 18.7 Å². The molecule has 0 radical (unpaired) electrons. The van der Waals surface area contributed by atoms with Crippen molar-refractivity contribution >= 4 is 46.1 Å². The molecule has 0 atom stereocenters. The number of nitrogens with zero attached hydrogens (tertiary/aromatic N) is 5. The molecule has 9 rings (SSSR count). The number of rotatable bonds is 2. The molecular weight excluding hydrogens is 672 g/mol. The Morgan fingerprint density at radius 2 is 1.92 bits per heavy atom. The first-order valence-electron chi connectivity index (χ1n) is 17.5. The predicted octanol–water partition coefficient (Wildman–Crippen LogP) is 7.54. The van der Waals surface area contributed by atoms with Gasteiger partial charge in [-0.05, 0) is 92.8 Å². The Labute approximate surface area is 299 Å². The van der Waals surface area contributed by atoms with Gasteiger partial charge < -0.3 is 19.4 Å². The molecule has 1 N–H and O–H groups in total. The van der Waals surface area contributed by atoms with Crippen LogP contribution in [0.15, 0.2) is 35.2 Å². The first-order chi connectivity index (χ1) is 24.3. The van der Waals surface area contributed by atoms with Gasteiger partial charge in [-0.25, -0.2) is 9.18 Å². The summed E-state index contributed by atoms with van der Waals surface area (Å²) in [5, 5.41) is 14.4. The van der Waals surface area contributed by atoms with Gasteiger partial charge >= 0.3 is 5.97 Å². The molecule has 5 aromatic rings. The Hall–Kier alpha value is -3.90. The average Bonchev–Trinajstić information content (AvgIpc) is 3.87. The quantitative estimate of drug-likeness (QED) is 0.188. The van der Waals surface area contributed by atoms with Crippen LogP contribution < -0.4 is 10.1 Å². The van der Waals surface area contributed by atoms with E-state index in [9.17, 15) is 4.79 Å². The molecule has 2 aliphatic carbocycles. The summed E-state index contributed by atoms with van der Waals surface area (Å²) in [6.07, 6.45) is 5.60. The zero-order chi connectivity index (χ0) is 34.3. The van der Waals surface area contributed by atoms with Crippen molar-refractivity contribution in [2.45, 2.75) is 73.1 Å². The number of methoxy groups -OCH3 is 1. The van der Waals surface area contributed by atoms with Gasteiger partial charge in [-0.15, -0.1) is 23.5 Å². The summed E-state index contributed by atoms with van der Waals surface area (Å²) in [5.41, 5.74) is 9.82. The summed E-state index contributed by atoms with van der Waals surface area (Å²) in [6, 6.07) is 10.0. The molecule has 5 heterocycles. The molecule has 0 saturated heterocycles. The summed E-state index contributed by atoms with van der Waals surface area (Å²) in [4.78, 5) is 14.6. The van der Waals surface area contributed by atoms with Crippen molar-refractivity contribution in [2.75, 3.05) is 25.6 Å². The summed E-state index contributed by atoms with van der Waals surface area (Å²) >= 11 is 3.60. The van der Waals surface area contributed by atoms with Gasteiger partial charge in [0, 0.05) is 65.0 Å². The molecule has 4 aliphatic rings. The van der Waals surface area contributed by atoms with E-state index >= 15 is 4.39 Å². The highest BCUT2D eigenvalue weighted by Crippen LogP contribution is 2.73. The number of carbonyl (C=O) groups excluding carboxylic acids is 1. The summed E-state index contributed by atoms with van der Waals surface area (Å²) < 4.78 is 34.3. The predicted molar refractivity (Wildman–Crippen MR) is 196 cm³/mol. The zero-order valence-corrected chi connectivity index (χ0v) is 30.5. The Balaban J connectivity index is 1.18. The third-order valence-electron chi connectivity index (χ3n) is 11.1. The normalized spacial score (nSPS) is 21.3. The lowest BCUT2D eigenvalue weighted by Gasteiger charge is -2.22. The largest absolute Gasteiger partial charge is 0.491 e. The minimum atomic E-state index is -0.431. The summed E-state index contributed by atoms with van der Waals surface area (Å²) in [7, 11) is 5.27. The van der Waals surface area contributed by atoms with Crippen LogP contribution in [0.25, 0.3) is 22.0 Å².